The van der Waals surface area contributed by atoms with Crippen molar-refractivity contribution in [3.63, 3.8) is 0 Å². The summed E-state index contributed by atoms with van der Waals surface area (Å²) in [6.45, 7) is 9.25. The molecule has 0 saturated heterocycles. The van der Waals surface area contributed by atoms with Crippen LogP contribution < -0.4 is 5.32 Å². The fourth-order valence-electron chi connectivity index (χ4n) is 3.39. The lowest BCUT2D eigenvalue weighted by molar-refractivity contribution is 0.134. The second-order valence-electron chi connectivity index (χ2n) is 7.07. The van der Waals surface area contributed by atoms with Crippen molar-refractivity contribution in [1.82, 2.24) is 10.3 Å². The van der Waals surface area contributed by atoms with E-state index in [0.29, 0.717) is 11.5 Å². The van der Waals surface area contributed by atoms with Crippen molar-refractivity contribution in [3.05, 3.63) is 16.1 Å². The summed E-state index contributed by atoms with van der Waals surface area (Å²) >= 11 is 1.81. The largest absolute Gasteiger partial charge is 0.311 e. The van der Waals surface area contributed by atoms with Gasteiger partial charge in [0.15, 0.2) is 0 Å². The molecular formula is C16H28N2S. The second-order valence-corrected chi connectivity index (χ2v) is 7.96. The van der Waals surface area contributed by atoms with E-state index in [1.165, 1.54) is 30.7 Å². The molecule has 2 rings (SSSR count). The highest BCUT2D eigenvalue weighted by Crippen LogP contribution is 2.43. The van der Waals surface area contributed by atoms with Crippen molar-refractivity contribution in [2.45, 2.75) is 59.4 Å². The molecule has 1 saturated carbocycles. The molecule has 1 fully saturated rings. The Labute approximate surface area is 122 Å². The van der Waals surface area contributed by atoms with Crippen LogP contribution in [0.5, 0.6) is 0 Å². The van der Waals surface area contributed by atoms with Gasteiger partial charge >= 0.3 is 0 Å². The molecule has 3 heteroatoms. The maximum absolute atomic E-state index is 4.68. The highest BCUT2D eigenvalue weighted by Gasteiger charge is 2.33. The van der Waals surface area contributed by atoms with Gasteiger partial charge in [-0.3, -0.25) is 0 Å². The van der Waals surface area contributed by atoms with Gasteiger partial charge in [0.2, 0.25) is 0 Å². The first-order valence-electron chi connectivity index (χ1n) is 7.51. The first kappa shape index (κ1) is 15.0. The van der Waals surface area contributed by atoms with Gasteiger partial charge in [0.25, 0.3) is 0 Å². The van der Waals surface area contributed by atoms with Crippen LogP contribution >= 0.6 is 11.3 Å². The number of hydrogen-bond donors (Lipinski definition) is 1. The normalized spacial score (nSPS) is 26.4. The maximum atomic E-state index is 4.68. The molecule has 0 amide bonds. The Morgan fingerprint density at radius 1 is 1.26 bits per heavy atom. The minimum absolute atomic E-state index is 0.458. The number of nitrogens with zero attached hydrogens (tertiary/aromatic N) is 1. The Kier molecular flexibility index (Phi) is 4.67. The molecule has 1 N–H and O–H groups in total. The Balaban J connectivity index is 1.99. The minimum Gasteiger partial charge on any atom is -0.311 e. The fraction of sp³-hybridized carbons (Fsp3) is 0.812. The molecule has 1 unspecified atom stereocenters. The van der Waals surface area contributed by atoms with E-state index in [2.05, 4.69) is 50.4 Å². The van der Waals surface area contributed by atoms with Crippen LogP contribution in [0.1, 0.15) is 63.2 Å². The van der Waals surface area contributed by atoms with Gasteiger partial charge in [-0.15, -0.1) is 11.3 Å². The van der Waals surface area contributed by atoms with Gasteiger partial charge in [-0.1, -0.05) is 20.8 Å². The molecule has 0 spiro atoms. The van der Waals surface area contributed by atoms with Crippen LogP contribution in [-0.2, 0) is 0 Å². The van der Waals surface area contributed by atoms with Gasteiger partial charge in [-0.2, -0.15) is 0 Å². The molecular weight excluding hydrogens is 252 g/mol. The fourth-order valence-corrected chi connectivity index (χ4v) is 4.39. The van der Waals surface area contributed by atoms with Crippen molar-refractivity contribution < 1.29 is 0 Å². The van der Waals surface area contributed by atoms with Crippen molar-refractivity contribution in [1.29, 1.82) is 0 Å². The van der Waals surface area contributed by atoms with E-state index in [4.69, 9.17) is 0 Å². The molecule has 108 valence electrons. The van der Waals surface area contributed by atoms with E-state index in [-0.39, 0.29) is 0 Å². The van der Waals surface area contributed by atoms with Crippen molar-refractivity contribution >= 4 is 11.3 Å². The van der Waals surface area contributed by atoms with E-state index < -0.39 is 0 Å². The van der Waals surface area contributed by atoms with Gasteiger partial charge in [-0.25, -0.2) is 4.98 Å². The molecule has 2 nitrogen and oxygen atoms in total. The highest BCUT2D eigenvalue weighted by molar-refractivity contribution is 7.09. The smallest absolute Gasteiger partial charge is 0.110 e. The highest BCUT2D eigenvalue weighted by atomic mass is 32.1. The monoisotopic (exact) mass is 280 g/mol. The molecule has 0 radical (unpaired) electrons. The summed E-state index contributed by atoms with van der Waals surface area (Å²) in [5, 5.41) is 6.95. The first-order valence-corrected chi connectivity index (χ1v) is 8.39. The summed E-state index contributed by atoms with van der Waals surface area (Å²) in [7, 11) is 2.08. The zero-order valence-electron chi connectivity index (χ0n) is 13.0. The maximum Gasteiger partial charge on any atom is 0.110 e. The third-order valence-corrected chi connectivity index (χ3v) is 5.73. The van der Waals surface area contributed by atoms with E-state index >= 15 is 0 Å². The third kappa shape index (κ3) is 3.57. The molecule has 1 atom stereocenters. The molecule has 1 aromatic heterocycles. The zero-order chi connectivity index (χ0) is 14.0. The predicted molar refractivity (Wildman–Crippen MR) is 83.6 cm³/mol. The second kappa shape index (κ2) is 5.92. The number of thiazole rings is 1. The number of nitrogens with one attached hydrogen (secondary N) is 1. The molecule has 1 aliphatic carbocycles. The quantitative estimate of drug-likeness (QED) is 0.877. The van der Waals surface area contributed by atoms with Gasteiger partial charge in [0.1, 0.15) is 5.01 Å². The van der Waals surface area contributed by atoms with Crippen LogP contribution in [-0.4, -0.2) is 12.0 Å². The van der Waals surface area contributed by atoms with E-state index in [0.717, 1.165) is 17.5 Å². The molecule has 1 aromatic rings. The summed E-state index contributed by atoms with van der Waals surface area (Å²) in [4.78, 5) is 4.68. The minimum atomic E-state index is 0.458. The van der Waals surface area contributed by atoms with Crippen LogP contribution in [0.3, 0.4) is 0 Å². The number of hydrogen-bond acceptors (Lipinski definition) is 3. The van der Waals surface area contributed by atoms with Crippen molar-refractivity contribution in [2.75, 3.05) is 7.05 Å². The Hall–Kier alpha value is -0.410. The molecule has 1 heterocycles. The van der Waals surface area contributed by atoms with Gasteiger partial charge in [0.05, 0.1) is 6.04 Å². The summed E-state index contributed by atoms with van der Waals surface area (Å²) in [5.41, 5.74) is 1.63. The summed E-state index contributed by atoms with van der Waals surface area (Å²) in [6.07, 6.45) is 5.42. The van der Waals surface area contributed by atoms with E-state index in [1.54, 1.807) is 0 Å². The average molecular weight is 280 g/mol. The van der Waals surface area contributed by atoms with Crippen LogP contribution in [0.15, 0.2) is 5.38 Å². The topological polar surface area (TPSA) is 24.9 Å². The van der Waals surface area contributed by atoms with Crippen LogP contribution in [0, 0.1) is 24.2 Å². The van der Waals surface area contributed by atoms with Crippen molar-refractivity contribution in [2.24, 2.45) is 17.3 Å². The third-order valence-electron chi connectivity index (χ3n) is 4.68. The van der Waals surface area contributed by atoms with Gasteiger partial charge < -0.3 is 5.32 Å². The predicted octanol–water partition coefficient (Wildman–Crippen LogP) is 4.56. The number of aromatic nitrogens is 1. The lowest BCUT2D eigenvalue weighted by atomic mass is 9.68. The molecule has 0 aliphatic heterocycles. The summed E-state index contributed by atoms with van der Waals surface area (Å²) in [6, 6.07) is 0.458. The lowest BCUT2D eigenvalue weighted by Crippen LogP contribution is -2.32. The molecule has 0 bridgehead atoms. The molecule has 0 aromatic carbocycles. The lowest BCUT2D eigenvalue weighted by Gasteiger charge is -2.39. The SMILES string of the molecule is CNC(c1nc(C)cs1)C1CCC(C(C)(C)C)CC1. The standard InChI is InChI=1S/C16H28N2S/c1-11-10-19-15(18-11)14(17-5)12-6-8-13(9-7-12)16(2,3)4/h10,12-14,17H,6-9H2,1-5H3. The summed E-state index contributed by atoms with van der Waals surface area (Å²) < 4.78 is 0. The van der Waals surface area contributed by atoms with Crippen LogP contribution in [0.4, 0.5) is 0 Å². The van der Waals surface area contributed by atoms with Gasteiger partial charge in [-0.05, 0) is 56.9 Å². The Morgan fingerprint density at radius 2 is 1.89 bits per heavy atom. The van der Waals surface area contributed by atoms with Crippen LogP contribution in [0.2, 0.25) is 0 Å². The Morgan fingerprint density at radius 3 is 2.32 bits per heavy atom. The van der Waals surface area contributed by atoms with E-state index in [1.807, 2.05) is 11.3 Å². The van der Waals surface area contributed by atoms with E-state index in [9.17, 15) is 0 Å². The number of rotatable bonds is 3. The van der Waals surface area contributed by atoms with Crippen molar-refractivity contribution in [3.8, 4) is 0 Å². The Bertz CT molecular complexity index is 397. The van der Waals surface area contributed by atoms with Gasteiger partial charge in [0, 0.05) is 11.1 Å². The molecule has 19 heavy (non-hydrogen) atoms. The zero-order valence-corrected chi connectivity index (χ0v) is 13.8. The number of aryl methyl sites for hydroxylation is 1. The summed E-state index contributed by atoms with van der Waals surface area (Å²) in [5.74, 6) is 1.65. The first-order chi connectivity index (χ1) is 8.91. The average Bonchev–Trinajstić information content (AvgIpc) is 2.76. The van der Waals surface area contributed by atoms with Crippen LogP contribution in [0.25, 0.3) is 0 Å². The molecule has 1 aliphatic rings.